The molecule has 0 spiro atoms. The van der Waals surface area contributed by atoms with E-state index in [4.69, 9.17) is 4.52 Å². The van der Waals surface area contributed by atoms with Gasteiger partial charge in [-0.15, -0.1) is 0 Å². The lowest BCUT2D eigenvalue weighted by molar-refractivity contribution is 0.399. The van der Waals surface area contributed by atoms with Crippen molar-refractivity contribution in [2.45, 2.75) is 13.3 Å². The van der Waals surface area contributed by atoms with Gasteiger partial charge in [0.1, 0.15) is 5.76 Å². The van der Waals surface area contributed by atoms with Crippen molar-refractivity contribution in [3.8, 4) is 0 Å². The SMILES string of the molecule is [CH2]CCNc1cc(C)on1. The van der Waals surface area contributed by atoms with E-state index in [1.165, 1.54) is 0 Å². The maximum Gasteiger partial charge on any atom is 0.169 e. The quantitative estimate of drug-likeness (QED) is 0.691. The van der Waals surface area contributed by atoms with Crippen molar-refractivity contribution in [2.24, 2.45) is 0 Å². The zero-order chi connectivity index (χ0) is 7.40. The number of hydrogen-bond donors (Lipinski definition) is 1. The van der Waals surface area contributed by atoms with Crippen LogP contribution >= 0.6 is 0 Å². The molecule has 1 aromatic heterocycles. The first-order chi connectivity index (χ1) is 4.83. The van der Waals surface area contributed by atoms with Crippen molar-refractivity contribution in [1.29, 1.82) is 0 Å². The summed E-state index contributed by atoms with van der Waals surface area (Å²) in [6.45, 7) is 6.39. The van der Waals surface area contributed by atoms with Gasteiger partial charge >= 0.3 is 0 Å². The van der Waals surface area contributed by atoms with Crippen LogP contribution in [0.4, 0.5) is 5.82 Å². The summed E-state index contributed by atoms with van der Waals surface area (Å²) in [4.78, 5) is 0. The van der Waals surface area contributed by atoms with Gasteiger partial charge in [0.2, 0.25) is 0 Å². The predicted molar refractivity (Wildman–Crippen MR) is 39.7 cm³/mol. The minimum absolute atomic E-state index is 0.793. The summed E-state index contributed by atoms with van der Waals surface area (Å²) in [6, 6.07) is 1.86. The molecule has 1 rings (SSSR count). The highest BCUT2D eigenvalue weighted by molar-refractivity contribution is 5.32. The lowest BCUT2D eigenvalue weighted by atomic mass is 10.4. The fourth-order valence-electron chi connectivity index (χ4n) is 0.666. The minimum atomic E-state index is 0.793. The molecule has 0 amide bonds. The van der Waals surface area contributed by atoms with Gasteiger partial charge in [0.15, 0.2) is 5.82 Å². The van der Waals surface area contributed by atoms with Gasteiger partial charge < -0.3 is 9.84 Å². The number of nitrogens with zero attached hydrogens (tertiary/aromatic N) is 1. The lowest BCUT2D eigenvalue weighted by Gasteiger charge is -1.94. The molecule has 1 N–H and O–H groups in total. The van der Waals surface area contributed by atoms with E-state index in [1.807, 2.05) is 13.0 Å². The number of rotatable bonds is 3. The normalized spacial score (nSPS) is 9.80. The van der Waals surface area contributed by atoms with Crippen LogP contribution in [0.1, 0.15) is 12.2 Å². The highest BCUT2D eigenvalue weighted by Gasteiger charge is 1.95. The molecule has 0 aliphatic rings. The van der Waals surface area contributed by atoms with Crippen LogP contribution in [0.5, 0.6) is 0 Å². The molecular formula is C7H11N2O. The fraction of sp³-hybridized carbons (Fsp3) is 0.429. The highest BCUT2D eigenvalue weighted by atomic mass is 16.5. The number of hydrogen-bond acceptors (Lipinski definition) is 3. The van der Waals surface area contributed by atoms with E-state index in [9.17, 15) is 0 Å². The summed E-state index contributed by atoms with van der Waals surface area (Å²) in [5, 5.41) is 6.79. The molecule has 1 aromatic rings. The van der Waals surface area contributed by atoms with Crippen molar-refractivity contribution < 1.29 is 4.52 Å². The van der Waals surface area contributed by atoms with E-state index >= 15 is 0 Å². The maximum atomic E-state index is 4.83. The lowest BCUT2D eigenvalue weighted by Crippen LogP contribution is -1.98. The predicted octanol–water partition coefficient (Wildman–Crippen LogP) is 1.62. The Bertz CT molecular complexity index is 195. The van der Waals surface area contributed by atoms with Gasteiger partial charge in [0, 0.05) is 12.6 Å². The summed E-state index contributed by atoms with van der Waals surface area (Å²) < 4.78 is 4.83. The van der Waals surface area contributed by atoms with Crippen molar-refractivity contribution in [3.63, 3.8) is 0 Å². The molecule has 3 heteroatoms. The smallest absolute Gasteiger partial charge is 0.169 e. The standard InChI is InChI=1S/C7H11N2O/c1-3-4-8-7-5-6(2)10-9-7/h5H,1,3-4H2,2H3,(H,8,9). The largest absolute Gasteiger partial charge is 0.367 e. The van der Waals surface area contributed by atoms with Crippen molar-refractivity contribution in [3.05, 3.63) is 18.8 Å². The first kappa shape index (κ1) is 7.12. The Balaban J connectivity index is 2.42. The third kappa shape index (κ3) is 1.76. The van der Waals surface area contributed by atoms with E-state index in [1.54, 1.807) is 0 Å². The summed E-state index contributed by atoms with van der Waals surface area (Å²) in [6.07, 6.45) is 0.853. The average molecular weight is 139 g/mol. The molecule has 55 valence electrons. The van der Waals surface area contributed by atoms with Gasteiger partial charge in [-0.25, -0.2) is 0 Å². The third-order valence-corrected chi connectivity index (χ3v) is 1.11. The van der Waals surface area contributed by atoms with Crippen LogP contribution in [0, 0.1) is 13.8 Å². The van der Waals surface area contributed by atoms with Gasteiger partial charge in [-0.2, -0.15) is 0 Å². The second kappa shape index (κ2) is 3.25. The van der Waals surface area contributed by atoms with Gasteiger partial charge in [-0.1, -0.05) is 12.1 Å². The number of aryl methyl sites for hydroxylation is 1. The molecule has 0 aliphatic carbocycles. The van der Waals surface area contributed by atoms with Crippen LogP contribution in [0.2, 0.25) is 0 Å². The second-order valence-electron chi connectivity index (χ2n) is 2.10. The monoisotopic (exact) mass is 139 g/mol. The minimum Gasteiger partial charge on any atom is -0.367 e. The van der Waals surface area contributed by atoms with Gasteiger partial charge in [0.25, 0.3) is 0 Å². The van der Waals surface area contributed by atoms with Crippen molar-refractivity contribution >= 4 is 5.82 Å². The number of aromatic nitrogens is 1. The molecule has 10 heavy (non-hydrogen) atoms. The Hall–Kier alpha value is -0.990. The van der Waals surface area contributed by atoms with E-state index < -0.39 is 0 Å². The first-order valence-corrected chi connectivity index (χ1v) is 3.29. The molecule has 0 unspecified atom stereocenters. The van der Waals surface area contributed by atoms with Gasteiger partial charge in [-0.3, -0.25) is 0 Å². The van der Waals surface area contributed by atoms with Crippen LogP contribution in [0.3, 0.4) is 0 Å². The molecule has 0 saturated heterocycles. The Morgan fingerprint density at radius 1 is 1.80 bits per heavy atom. The Morgan fingerprint density at radius 3 is 3.10 bits per heavy atom. The molecule has 3 nitrogen and oxygen atoms in total. The summed E-state index contributed by atoms with van der Waals surface area (Å²) in [5.74, 6) is 1.62. The van der Waals surface area contributed by atoms with Crippen molar-refractivity contribution in [1.82, 2.24) is 5.16 Å². The zero-order valence-corrected chi connectivity index (χ0v) is 6.05. The molecule has 1 radical (unpaired) electrons. The van der Waals surface area contributed by atoms with Gasteiger partial charge in [0.05, 0.1) is 0 Å². The first-order valence-electron chi connectivity index (χ1n) is 3.29. The summed E-state index contributed by atoms with van der Waals surface area (Å²) in [5.41, 5.74) is 0. The highest BCUT2D eigenvalue weighted by Crippen LogP contribution is 2.05. The Morgan fingerprint density at radius 2 is 2.60 bits per heavy atom. The van der Waals surface area contributed by atoms with Crippen LogP contribution in [-0.2, 0) is 0 Å². The molecule has 0 atom stereocenters. The second-order valence-corrected chi connectivity index (χ2v) is 2.10. The van der Waals surface area contributed by atoms with Gasteiger partial charge in [-0.05, 0) is 13.3 Å². The Kier molecular flexibility index (Phi) is 2.31. The van der Waals surface area contributed by atoms with E-state index in [0.717, 1.165) is 24.5 Å². The van der Waals surface area contributed by atoms with E-state index in [-0.39, 0.29) is 0 Å². The fourth-order valence-corrected chi connectivity index (χ4v) is 0.666. The molecule has 0 bridgehead atoms. The molecule has 0 fully saturated rings. The van der Waals surface area contributed by atoms with Crippen LogP contribution < -0.4 is 5.32 Å². The zero-order valence-electron chi connectivity index (χ0n) is 6.05. The molecule has 0 aromatic carbocycles. The van der Waals surface area contributed by atoms with Crippen molar-refractivity contribution in [2.75, 3.05) is 11.9 Å². The van der Waals surface area contributed by atoms with Crippen LogP contribution in [0.25, 0.3) is 0 Å². The van der Waals surface area contributed by atoms with E-state index in [2.05, 4.69) is 17.4 Å². The molecule has 0 aliphatic heterocycles. The average Bonchev–Trinajstić information content (AvgIpc) is 2.31. The summed E-state index contributed by atoms with van der Waals surface area (Å²) >= 11 is 0. The number of anilines is 1. The van der Waals surface area contributed by atoms with Crippen LogP contribution in [0.15, 0.2) is 10.6 Å². The van der Waals surface area contributed by atoms with Crippen LogP contribution in [-0.4, -0.2) is 11.7 Å². The molecule has 0 saturated carbocycles. The molecular weight excluding hydrogens is 128 g/mol. The number of nitrogens with one attached hydrogen (secondary N) is 1. The summed E-state index contributed by atoms with van der Waals surface area (Å²) in [7, 11) is 0. The van der Waals surface area contributed by atoms with E-state index in [0.29, 0.717) is 0 Å². The Labute approximate surface area is 60.4 Å². The molecule has 1 heterocycles. The topological polar surface area (TPSA) is 38.1 Å². The third-order valence-electron chi connectivity index (χ3n) is 1.11. The maximum absolute atomic E-state index is 4.83.